The maximum Gasteiger partial charge on any atom is 0.222 e. The third-order valence-electron chi connectivity index (χ3n) is 6.52. The molecule has 170 valence electrons. The topological polar surface area (TPSA) is 89.5 Å². The molecular weight excluding hydrogens is 414 g/mol. The van der Waals surface area contributed by atoms with Crippen molar-refractivity contribution in [3.05, 3.63) is 66.0 Å². The Labute approximate surface area is 193 Å². The summed E-state index contributed by atoms with van der Waals surface area (Å²) in [6.07, 6.45) is 4.17. The Kier molecular flexibility index (Phi) is 6.06. The Morgan fingerprint density at radius 1 is 1.24 bits per heavy atom. The number of benzene rings is 2. The molecule has 0 aliphatic carbocycles. The van der Waals surface area contributed by atoms with Gasteiger partial charge in [0.1, 0.15) is 6.33 Å². The summed E-state index contributed by atoms with van der Waals surface area (Å²) in [6.45, 7) is 3.23. The monoisotopic (exact) mass is 443 g/mol. The molecule has 5 rings (SSSR count). The summed E-state index contributed by atoms with van der Waals surface area (Å²) in [7, 11) is 1.83. The standard InChI is InChI=1S/C25H29N7O/c1-26-25(27-15-18-6-4-7-19(14-18)24-28-17-29-30-24)32-16-20(21-8-2-3-9-22(21)32)11-13-31-12-5-10-23(31)33/h2-4,6-9,14,17,20H,5,10-13,15-16H2,1H3,(H,26,27)(H,28,29,30). The molecule has 1 unspecified atom stereocenters. The van der Waals surface area contributed by atoms with Crippen LogP contribution in [0.3, 0.4) is 0 Å². The first-order chi connectivity index (χ1) is 16.2. The molecule has 2 N–H and O–H groups in total. The van der Waals surface area contributed by atoms with Crippen molar-refractivity contribution in [1.29, 1.82) is 0 Å². The van der Waals surface area contributed by atoms with E-state index in [1.807, 2.05) is 24.1 Å². The van der Waals surface area contributed by atoms with E-state index in [4.69, 9.17) is 0 Å². The van der Waals surface area contributed by atoms with Gasteiger partial charge in [0, 0.05) is 56.8 Å². The van der Waals surface area contributed by atoms with Gasteiger partial charge < -0.3 is 15.1 Å². The van der Waals surface area contributed by atoms with Crippen LogP contribution < -0.4 is 10.2 Å². The van der Waals surface area contributed by atoms with Crippen LogP contribution in [0.15, 0.2) is 59.9 Å². The van der Waals surface area contributed by atoms with E-state index in [9.17, 15) is 4.79 Å². The average Bonchev–Trinajstić information content (AvgIpc) is 3.60. The van der Waals surface area contributed by atoms with E-state index in [2.05, 4.69) is 66.8 Å². The number of rotatable bonds is 6. The number of guanidine groups is 1. The van der Waals surface area contributed by atoms with Gasteiger partial charge in [-0.1, -0.05) is 36.4 Å². The fourth-order valence-electron chi connectivity index (χ4n) is 4.84. The van der Waals surface area contributed by atoms with Gasteiger partial charge in [-0.15, -0.1) is 0 Å². The van der Waals surface area contributed by atoms with Crippen LogP contribution in [0, 0.1) is 0 Å². The molecule has 0 spiro atoms. The fraction of sp³-hybridized carbons (Fsp3) is 0.360. The largest absolute Gasteiger partial charge is 0.352 e. The molecule has 8 nitrogen and oxygen atoms in total. The van der Waals surface area contributed by atoms with Gasteiger partial charge in [-0.3, -0.25) is 14.9 Å². The molecule has 1 fully saturated rings. The SMILES string of the molecule is CN=C(NCc1cccc(-c2ncn[nH]2)c1)N1CC(CCN2CCCC2=O)c2ccccc21. The van der Waals surface area contributed by atoms with Crippen molar-refractivity contribution in [3.63, 3.8) is 0 Å². The van der Waals surface area contributed by atoms with E-state index in [-0.39, 0.29) is 0 Å². The number of fused-ring (bicyclic) bond motifs is 1. The fourth-order valence-corrected chi connectivity index (χ4v) is 4.84. The Balaban J connectivity index is 1.27. The van der Waals surface area contributed by atoms with Crippen molar-refractivity contribution in [2.45, 2.75) is 31.7 Å². The van der Waals surface area contributed by atoms with Gasteiger partial charge >= 0.3 is 0 Å². The first-order valence-corrected chi connectivity index (χ1v) is 11.5. The van der Waals surface area contributed by atoms with Crippen molar-refractivity contribution in [3.8, 4) is 11.4 Å². The molecule has 1 amide bonds. The number of anilines is 1. The maximum atomic E-state index is 12.0. The minimum atomic E-state index is 0.295. The van der Waals surface area contributed by atoms with Crippen LogP contribution in [0.2, 0.25) is 0 Å². The third-order valence-corrected chi connectivity index (χ3v) is 6.52. The summed E-state index contributed by atoms with van der Waals surface area (Å²) in [6, 6.07) is 16.8. The zero-order valence-corrected chi connectivity index (χ0v) is 18.9. The number of H-pyrrole nitrogens is 1. The van der Waals surface area contributed by atoms with Crippen molar-refractivity contribution < 1.29 is 4.79 Å². The van der Waals surface area contributed by atoms with Crippen LogP contribution in [-0.2, 0) is 11.3 Å². The van der Waals surface area contributed by atoms with Gasteiger partial charge in [0.2, 0.25) is 5.91 Å². The molecule has 1 saturated heterocycles. The van der Waals surface area contributed by atoms with Gasteiger partial charge in [0.05, 0.1) is 0 Å². The number of para-hydroxylation sites is 1. The minimum Gasteiger partial charge on any atom is -0.352 e. The average molecular weight is 444 g/mol. The van der Waals surface area contributed by atoms with E-state index in [0.717, 1.165) is 55.4 Å². The highest BCUT2D eigenvalue weighted by atomic mass is 16.2. The number of carbonyl (C=O) groups is 1. The summed E-state index contributed by atoms with van der Waals surface area (Å²) >= 11 is 0. The quantitative estimate of drug-likeness (QED) is 0.451. The van der Waals surface area contributed by atoms with Gasteiger partial charge in [-0.25, -0.2) is 4.98 Å². The van der Waals surface area contributed by atoms with Crippen LogP contribution in [-0.4, -0.2) is 58.6 Å². The number of hydrogen-bond donors (Lipinski definition) is 2. The number of aromatic nitrogens is 3. The third kappa shape index (κ3) is 4.46. The van der Waals surface area contributed by atoms with Crippen molar-refractivity contribution >= 4 is 17.6 Å². The summed E-state index contributed by atoms with van der Waals surface area (Å²) in [4.78, 5) is 25.1. The molecule has 1 aromatic heterocycles. The van der Waals surface area contributed by atoms with E-state index >= 15 is 0 Å². The molecular formula is C25H29N7O. The van der Waals surface area contributed by atoms with Gasteiger partial charge in [0.15, 0.2) is 11.8 Å². The van der Waals surface area contributed by atoms with Crippen LogP contribution in [0.5, 0.6) is 0 Å². The smallest absolute Gasteiger partial charge is 0.222 e. The molecule has 1 atom stereocenters. The van der Waals surface area contributed by atoms with Crippen LogP contribution in [0.25, 0.3) is 11.4 Å². The molecule has 0 radical (unpaired) electrons. The lowest BCUT2D eigenvalue weighted by Gasteiger charge is -2.23. The highest BCUT2D eigenvalue weighted by molar-refractivity contribution is 5.98. The second-order valence-electron chi connectivity index (χ2n) is 8.57. The summed E-state index contributed by atoms with van der Waals surface area (Å²) in [5, 5.41) is 10.4. The summed E-state index contributed by atoms with van der Waals surface area (Å²) < 4.78 is 0. The number of nitrogens with one attached hydrogen (secondary N) is 2. The Hall–Kier alpha value is -3.68. The summed E-state index contributed by atoms with van der Waals surface area (Å²) in [5.41, 5.74) is 4.67. The number of likely N-dealkylation sites (tertiary alicyclic amines) is 1. The zero-order valence-electron chi connectivity index (χ0n) is 18.9. The summed E-state index contributed by atoms with van der Waals surface area (Å²) in [5.74, 6) is 2.28. The number of hydrogen-bond acceptors (Lipinski definition) is 4. The van der Waals surface area contributed by atoms with E-state index in [1.54, 1.807) is 0 Å². The lowest BCUT2D eigenvalue weighted by molar-refractivity contribution is -0.127. The predicted molar refractivity (Wildman–Crippen MR) is 129 cm³/mol. The van der Waals surface area contributed by atoms with E-state index in [1.165, 1.54) is 17.6 Å². The Morgan fingerprint density at radius 2 is 2.15 bits per heavy atom. The molecule has 2 aliphatic heterocycles. The van der Waals surface area contributed by atoms with Gasteiger partial charge in [0.25, 0.3) is 0 Å². The van der Waals surface area contributed by atoms with E-state index in [0.29, 0.717) is 24.8 Å². The van der Waals surface area contributed by atoms with Crippen molar-refractivity contribution in [1.82, 2.24) is 25.4 Å². The molecule has 3 aromatic rings. The highest BCUT2D eigenvalue weighted by Crippen LogP contribution is 2.38. The Morgan fingerprint density at radius 3 is 2.94 bits per heavy atom. The molecule has 2 aromatic carbocycles. The van der Waals surface area contributed by atoms with E-state index < -0.39 is 0 Å². The molecule has 0 saturated carbocycles. The number of aromatic amines is 1. The second-order valence-corrected chi connectivity index (χ2v) is 8.57. The number of aliphatic imine (C=N–C) groups is 1. The minimum absolute atomic E-state index is 0.295. The lowest BCUT2D eigenvalue weighted by atomic mass is 9.98. The maximum absolute atomic E-state index is 12.0. The first kappa shape index (κ1) is 21.2. The molecule has 33 heavy (non-hydrogen) atoms. The molecule has 8 heteroatoms. The molecule has 3 heterocycles. The van der Waals surface area contributed by atoms with Gasteiger partial charge in [-0.05, 0) is 36.1 Å². The van der Waals surface area contributed by atoms with Crippen LogP contribution in [0.4, 0.5) is 5.69 Å². The van der Waals surface area contributed by atoms with Crippen molar-refractivity contribution in [2.75, 3.05) is 31.6 Å². The second kappa shape index (κ2) is 9.44. The lowest BCUT2D eigenvalue weighted by Crippen LogP contribution is -2.40. The van der Waals surface area contributed by atoms with Crippen LogP contribution in [0.1, 0.15) is 36.3 Å². The zero-order chi connectivity index (χ0) is 22.6. The molecule has 2 aliphatic rings. The molecule has 0 bridgehead atoms. The number of carbonyl (C=O) groups excluding carboxylic acids is 1. The normalized spacial score (nSPS) is 18.2. The Bertz CT molecular complexity index is 1140. The predicted octanol–water partition coefficient (Wildman–Crippen LogP) is 3.16. The highest BCUT2D eigenvalue weighted by Gasteiger charge is 2.32. The number of nitrogens with zero attached hydrogens (tertiary/aromatic N) is 5. The number of amides is 1. The van der Waals surface area contributed by atoms with Gasteiger partial charge in [-0.2, -0.15) is 5.10 Å². The first-order valence-electron chi connectivity index (χ1n) is 11.5. The van der Waals surface area contributed by atoms with Crippen molar-refractivity contribution in [2.24, 2.45) is 4.99 Å². The van der Waals surface area contributed by atoms with Crippen LogP contribution >= 0.6 is 0 Å².